The van der Waals surface area contributed by atoms with Crippen LogP contribution in [0.25, 0.3) is 10.1 Å². The standard InChI is InChI=1S/C16H17FOS/c17-13-6-7-15-12(9-13)10-16(19-15)14(18)8-11-4-2-1-3-5-11/h6-7,9-11H,1-5,8H2. The zero-order valence-corrected chi connectivity index (χ0v) is 11.6. The first-order valence-corrected chi connectivity index (χ1v) is 7.76. The molecule has 0 amide bonds. The summed E-state index contributed by atoms with van der Waals surface area (Å²) in [6.07, 6.45) is 6.86. The van der Waals surface area contributed by atoms with Gasteiger partial charge in [-0.15, -0.1) is 11.3 Å². The van der Waals surface area contributed by atoms with Crippen molar-refractivity contribution in [2.24, 2.45) is 5.92 Å². The highest BCUT2D eigenvalue weighted by molar-refractivity contribution is 7.20. The Labute approximate surface area is 116 Å². The predicted molar refractivity (Wildman–Crippen MR) is 77.3 cm³/mol. The van der Waals surface area contributed by atoms with Crippen molar-refractivity contribution in [2.75, 3.05) is 0 Å². The van der Waals surface area contributed by atoms with Crippen LogP contribution < -0.4 is 0 Å². The van der Waals surface area contributed by atoms with E-state index in [4.69, 9.17) is 0 Å². The van der Waals surface area contributed by atoms with E-state index in [1.807, 2.05) is 6.07 Å². The second-order valence-corrected chi connectivity index (χ2v) is 6.51. The number of thiophene rings is 1. The van der Waals surface area contributed by atoms with Crippen molar-refractivity contribution in [1.82, 2.24) is 0 Å². The molecular weight excluding hydrogens is 259 g/mol. The number of carbonyl (C=O) groups is 1. The minimum Gasteiger partial charge on any atom is -0.293 e. The van der Waals surface area contributed by atoms with Crippen molar-refractivity contribution in [3.05, 3.63) is 35.0 Å². The van der Waals surface area contributed by atoms with Gasteiger partial charge in [0.1, 0.15) is 5.82 Å². The normalized spacial score (nSPS) is 16.9. The minimum atomic E-state index is -0.239. The van der Waals surface area contributed by atoms with Gasteiger partial charge in [-0.3, -0.25) is 4.79 Å². The lowest BCUT2D eigenvalue weighted by molar-refractivity contribution is 0.0954. The Morgan fingerprint density at radius 2 is 2.00 bits per heavy atom. The molecule has 0 radical (unpaired) electrons. The van der Waals surface area contributed by atoms with Gasteiger partial charge < -0.3 is 0 Å². The zero-order valence-electron chi connectivity index (χ0n) is 10.8. The molecule has 0 saturated heterocycles. The number of fused-ring (bicyclic) bond motifs is 1. The van der Waals surface area contributed by atoms with Crippen molar-refractivity contribution in [2.45, 2.75) is 38.5 Å². The van der Waals surface area contributed by atoms with Crippen molar-refractivity contribution in [3.8, 4) is 0 Å². The number of carbonyl (C=O) groups excluding carboxylic acids is 1. The number of benzene rings is 1. The van der Waals surface area contributed by atoms with Gasteiger partial charge in [0, 0.05) is 11.1 Å². The van der Waals surface area contributed by atoms with Crippen LogP contribution >= 0.6 is 11.3 Å². The van der Waals surface area contributed by atoms with Crippen LogP contribution in [0.1, 0.15) is 48.2 Å². The van der Waals surface area contributed by atoms with Gasteiger partial charge >= 0.3 is 0 Å². The lowest BCUT2D eigenvalue weighted by Gasteiger charge is -2.20. The Morgan fingerprint density at radius 1 is 1.21 bits per heavy atom. The Kier molecular flexibility index (Phi) is 3.65. The molecule has 100 valence electrons. The summed E-state index contributed by atoms with van der Waals surface area (Å²) >= 11 is 1.49. The van der Waals surface area contributed by atoms with Crippen LogP contribution in [-0.2, 0) is 0 Å². The third kappa shape index (κ3) is 2.86. The van der Waals surface area contributed by atoms with Gasteiger partial charge in [0.25, 0.3) is 0 Å². The van der Waals surface area contributed by atoms with E-state index < -0.39 is 0 Å². The maximum absolute atomic E-state index is 13.1. The van der Waals surface area contributed by atoms with E-state index in [2.05, 4.69) is 0 Å². The molecule has 1 nitrogen and oxygen atoms in total. The van der Waals surface area contributed by atoms with Crippen LogP contribution in [0.5, 0.6) is 0 Å². The minimum absolute atomic E-state index is 0.230. The Bertz CT molecular complexity index is 596. The Balaban J connectivity index is 1.77. The van der Waals surface area contributed by atoms with Gasteiger partial charge in [0.2, 0.25) is 0 Å². The molecule has 19 heavy (non-hydrogen) atoms. The maximum Gasteiger partial charge on any atom is 0.173 e. The fourth-order valence-corrected chi connectivity index (χ4v) is 3.90. The fourth-order valence-electron chi connectivity index (χ4n) is 2.91. The summed E-state index contributed by atoms with van der Waals surface area (Å²) in [6, 6.07) is 6.55. The topological polar surface area (TPSA) is 17.1 Å². The van der Waals surface area contributed by atoms with Crippen molar-refractivity contribution in [3.63, 3.8) is 0 Å². The molecule has 0 unspecified atom stereocenters. The average molecular weight is 276 g/mol. The van der Waals surface area contributed by atoms with E-state index in [0.29, 0.717) is 12.3 Å². The van der Waals surface area contributed by atoms with E-state index in [1.54, 1.807) is 6.07 Å². The SMILES string of the molecule is O=C(CC1CCCCC1)c1cc2cc(F)ccc2s1. The third-order valence-electron chi connectivity index (χ3n) is 3.95. The highest BCUT2D eigenvalue weighted by Crippen LogP contribution is 2.31. The van der Waals surface area contributed by atoms with Gasteiger partial charge in [-0.1, -0.05) is 32.1 Å². The molecule has 1 aromatic heterocycles. The number of rotatable bonds is 3. The van der Waals surface area contributed by atoms with E-state index in [0.717, 1.165) is 15.0 Å². The summed E-state index contributed by atoms with van der Waals surface area (Å²) in [5.74, 6) is 0.549. The first-order chi connectivity index (χ1) is 9.22. The smallest absolute Gasteiger partial charge is 0.173 e. The van der Waals surface area contributed by atoms with Gasteiger partial charge in [-0.05, 0) is 35.6 Å². The Morgan fingerprint density at radius 3 is 2.79 bits per heavy atom. The summed E-state index contributed by atoms with van der Waals surface area (Å²) in [7, 11) is 0. The molecule has 1 fully saturated rings. The molecule has 0 N–H and O–H groups in total. The van der Waals surface area contributed by atoms with Gasteiger partial charge in [-0.2, -0.15) is 0 Å². The van der Waals surface area contributed by atoms with Crippen LogP contribution in [0.15, 0.2) is 24.3 Å². The molecule has 0 spiro atoms. The summed E-state index contributed by atoms with van der Waals surface area (Å²) in [5.41, 5.74) is 0. The van der Waals surface area contributed by atoms with E-state index in [1.165, 1.54) is 55.6 Å². The van der Waals surface area contributed by atoms with Gasteiger partial charge in [0.15, 0.2) is 5.78 Å². The van der Waals surface area contributed by atoms with Crippen LogP contribution in [-0.4, -0.2) is 5.78 Å². The van der Waals surface area contributed by atoms with E-state index >= 15 is 0 Å². The molecule has 0 aliphatic heterocycles. The van der Waals surface area contributed by atoms with Crippen LogP contribution in [0, 0.1) is 11.7 Å². The largest absolute Gasteiger partial charge is 0.293 e. The number of Topliss-reactive ketones (excluding diaryl/α,β-unsaturated/α-hetero) is 1. The molecule has 2 aromatic rings. The van der Waals surface area contributed by atoms with E-state index in [-0.39, 0.29) is 11.6 Å². The molecule has 3 heteroatoms. The fraction of sp³-hybridized carbons (Fsp3) is 0.438. The van der Waals surface area contributed by atoms with Crippen molar-refractivity contribution < 1.29 is 9.18 Å². The first-order valence-electron chi connectivity index (χ1n) is 6.95. The van der Waals surface area contributed by atoms with E-state index in [9.17, 15) is 9.18 Å². The van der Waals surface area contributed by atoms with Crippen molar-refractivity contribution >= 4 is 27.2 Å². The van der Waals surface area contributed by atoms with Gasteiger partial charge in [-0.25, -0.2) is 4.39 Å². The zero-order chi connectivity index (χ0) is 13.2. The van der Waals surface area contributed by atoms with Gasteiger partial charge in [0.05, 0.1) is 4.88 Å². The highest BCUT2D eigenvalue weighted by Gasteiger charge is 2.19. The predicted octanol–water partition coefficient (Wildman–Crippen LogP) is 5.19. The molecule has 0 bridgehead atoms. The molecule has 1 aliphatic rings. The molecule has 1 aliphatic carbocycles. The molecule has 3 rings (SSSR count). The summed E-state index contributed by atoms with van der Waals surface area (Å²) in [6.45, 7) is 0. The maximum atomic E-state index is 13.1. The number of halogens is 1. The number of ketones is 1. The molecule has 0 atom stereocenters. The summed E-state index contributed by atoms with van der Waals surface area (Å²) in [5, 5.41) is 0.844. The second kappa shape index (κ2) is 5.41. The number of hydrogen-bond acceptors (Lipinski definition) is 2. The lowest BCUT2D eigenvalue weighted by Crippen LogP contribution is -2.11. The molecular formula is C16H17FOS. The van der Waals surface area contributed by atoms with Crippen molar-refractivity contribution in [1.29, 1.82) is 0 Å². The first kappa shape index (κ1) is 12.8. The highest BCUT2D eigenvalue weighted by atomic mass is 32.1. The van der Waals surface area contributed by atoms with Crippen LogP contribution in [0.2, 0.25) is 0 Å². The Hall–Kier alpha value is -1.22. The lowest BCUT2D eigenvalue weighted by atomic mass is 9.85. The monoisotopic (exact) mass is 276 g/mol. The average Bonchev–Trinajstić information content (AvgIpc) is 2.83. The quantitative estimate of drug-likeness (QED) is 0.705. The molecule has 1 heterocycles. The third-order valence-corrected chi connectivity index (χ3v) is 5.11. The molecule has 1 aromatic carbocycles. The van der Waals surface area contributed by atoms with Crippen LogP contribution in [0.4, 0.5) is 4.39 Å². The van der Waals surface area contributed by atoms with Crippen LogP contribution in [0.3, 0.4) is 0 Å². The second-order valence-electron chi connectivity index (χ2n) is 5.42. The number of hydrogen-bond donors (Lipinski definition) is 0. The molecule has 1 saturated carbocycles. The summed E-state index contributed by atoms with van der Waals surface area (Å²) < 4.78 is 14.1. The summed E-state index contributed by atoms with van der Waals surface area (Å²) in [4.78, 5) is 13.1.